The van der Waals surface area contributed by atoms with Crippen LogP contribution in [-0.4, -0.2) is 24.3 Å². The van der Waals surface area contributed by atoms with Crippen LogP contribution < -0.4 is 16.4 Å². The van der Waals surface area contributed by atoms with E-state index in [2.05, 4.69) is 10.6 Å². The summed E-state index contributed by atoms with van der Waals surface area (Å²) in [6, 6.07) is 13.4. The van der Waals surface area contributed by atoms with Crippen molar-refractivity contribution >= 4 is 23.4 Å². The number of alkyl halides is 3. The maximum absolute atomic E-state index is 12.9. The third kappa shape index (κ3) is 5.54. The van der Waals surface area contributed by atoms with E-state index in [4.69, 9.17) is 10.2 Å². The van der Waals surface area contributed by atoms with Gasteiger partial charge in [0.25, 0.3) is 11.8 Å². The van der Waals surface area contributed by atoms with Crippen LogP contribution in [0.3, 0.4) is 0 Å². The molecule has 0 saturated heterocycles. The fourth-order valence-corrected chi connectivity index (χ4v) is 2.83. The van der Waals surface area contributed by atoms with Crippen molar-refractivity contribution in [1.82, 2.24) is 5.32 Å². The first kappa shape index (κ1) is 22.6. The van der Waals surface area contributed by atoms with Crippen LogP contribution in [-0.2, 0) is 11.0 Å². The molecule has 0 spiro atoms. The van der Waals surface area contributed by atoms with Crippen LogP contribution in [0, 0.1) is 0 Å². The Balaban J connectivity index is 1.75. The van der Waals surface area contributed by atoms with Crippen molar-refractivity contribution < 1.29 is 32.0 Å². The number of hydrogen-bond acceptors (Lipinski definition) is 4. The topological polar surface area (TPSA) is 114 Å². The average Bonchev–Trinajstić information content (AvgIpc) is 3.24. The van der Waals surface area contributed by atoms with Gasteiger partial charge in [-0.1, -0.05) is 24.3 Å². The van der Waals surface area contributed by atoms with Crippen LogP contribution in [0.15, 0.2) is 65.1 Å². The number of hydrogen-bond donors (Lipinski definition) is 3. The molecule has 0 aliphatic heterocycles. The largest absolute Gasteiger partial charge is 0.451 e. The molecule has 0 aliphatic carbocycles. The summed E-state index contributed by atoms with van der Waals surface area (Å²) < 4.78 is 44.2. The molecule has 0 fully saturated rings. The zero-order valence-electron chi connectivity index (χ0n) is 16.5. The summed E-state index contributed by atoms with van der Waals surface area (Å²) in [6.07, 6.45) is -4.55. The lowest BCUT2D eigenvalue weighted by atomic mass is 10.1. The summed E-state index contributed by atoms with van der Waals surface area (Å²) in [4.78, 5) is 35.7. The van der Waals surface area contributed by atoms with Crippen LogP contribution in [0.1, 0.15) is 32.9 Å². The third-order valence-electron chi connectivity index (χ3n) is 4.38. The molecule has 0 aliphatic rings. The Morgan fingerprint density at radius 2 is 1.69 bits per heavy atom. The maximum atomic E-state index is 12.9. The van der Waals surface area contributed by atoms with Gasteiger partial charge in [0.05, 0.1) is 16.8 Å². The highest BCUT2D eigenvalue weighted by Crippen LogP contribution is 2.32. The molecular formula is C22H18F3N3O4. The smallest absolute Gasteiger partial charge is 0.416 e. The van der Waals surface area contributed by atoms with E-state index in [1.807, 2.05) is 0 Å². The number of carbonyl (C=O) groups is 3. The van der Waals surface area contributed by atoms with Gasteiger partial charge < -0.3 is 20.8 Å². The number of furan rings is 1. The Labute approximate surface area is 180 Å². The molecule has 2 aromatic carbocycles. The Hall–Kier alpha value is -4.08. The van der Waals surface area contributed by atoms with E-state index >= 15 is 0 Å². The summed E-state index contributed by atoms with van der Waals surface area (Å²) in [5.74, 6) is -1.85. The second kappa shape index (κ2) is 9.38. The minimum atomic E-state index is -4.51. The molecule has 0 atom stereocenters. The van der Waals surface area contributed by atoms with E-state index in [1.54, 1.807) is 12.1 Å². The standard InChI is InChI=1S/C22H18F3N3O4/c23-22(24,25)14-5-3-4-13(12-14)17-8-9-18(32-17)21(31)28-16-7-2-1-6-15(16)20(30)27-11-10-19(26)29/h1-9,12H,10-11H2,(H2,26,29)(H,27,30)(H,28,31). The lowest BCUT2D eigenvalue weighted by Crippen LogP contribution is -2.28. The summed E-state index contributed by atoms with van der Waals surface area (Å²) in [5.41, 5.74) is 4.69. The zero-order chi connectivity index (χ0) is 23.3. The highest BCUT2D eigenvalue weighted by molar-refractivity contribution is 6.08. The molecule has 0 unspecified atom stereocenters. The number of primary amides is 1. The SMILES string of the molecule is NC(=O)CCNC(=O)c1ccccc1NC(=O)c1ccc(-c2cccc(C(F)(F)F)c2)o1. The van der Waals surface area contributed by atoms with Crippen molar-refractivity contribution in [1.29, 1.82) is 0 Å². The van der Waals surface area contributed by atoms with Crippen LogP contribution in [0.25, 0.3) is 11.3 Å². The molecule has 166 valence electrons. The number of anilines is 1. The zero-order valence-corrected chi connectivity index (χ0v) is 16.5. The summed E-state index contributed by atoms with van der Waals surface area (Å²) in [7, 11) is 0. The van der Waals surface area contributed by atoms with Crippen LogP contribution in [0.5, 0.6) is 0 Å². The van der Waals surface area contributed by atoms with Crippen LogP contribution >= 0.6 is 0 Å². The van der Waals surface area contributed by atoms with E-state index in [0.717, 1.165) is 12.1 Å². The van der Waals surface area contributed by atoms with Crippen molar-refractivity contribution in [3.05, 3.63) is 77.6 Å². The number of nitrogens with one attached hydrogen (secondary N) is 2. The Kier molecular flexibility index (Phi) is 6.62. The Bertz CT molecular complexity index is 1160. The molecule has 3 rings (SSSR count). The van der Waals surface area contributed by atoms with E-state index in [1.165, 1.54) is 36.4 Å². The van der Waals surface area contributed by atoms with Gasteiger partial charge in [0.1, 0.15) is 5.76 Å². The molecule has 3 aromatic rings. The van der Waals surface area contributed by atoms with Gasteiger partial charge in [0.15, 0.2) is 5.76 Å². The first-order valence-electron chi connectivity index (χ1n) is 9.39. The maximum Gasteiger partial charge on any atom is 0.416 e. The van der Waals surface area contributed by atoms with Crippen molar-refractivity contribution in [2.24, 2.45) is 5.73 Å². The molecular weight excluding hydrogens is 427 g/mol. The third-order valence-corrected chi connectivity index (χ3v) is 4.38. The lowest BCUT2D eigenvalue weighted by molar-refractivity contribution is -0.137. The predicted octanol–water partition coefficient (Wildman–Crippen LogP) is 3.82. The number of halogens is 3. The van der Waals surface area contributed by atoms with Crippen molar-refractivity contribution in [2.45, 2.75) is 12.6 Å². The first-order chi connectivity index (χ1) is 15.1. The van der Waals surface area contributed by atoms with Gasteiger partial charge >= 0.3 is 6.18 Å². The van der Waals surface area contributed by atoms with Gasteiger partial charge in [-0.15, -0.1) is 0 Å². The Morgan fingerprint density at radius 1 is 0.938 bits per heavy atom. The second-order valence-corrected chi connectivity index (χ2v) is 6.71. The fourth-order valence-electron chi connectivity index (χ4n) is 2.83. The normalized spacial score (nSPS) is 11.1. The molecule has 0 bridgehead atoms. The lowest BCUT2D eigenvalue weighted by Gasteiger charge is -2.10. The highest BCUT2D eigenvalue weighted by atomic mass is 19.4. The van der Waals surface area contributed by atoms with Gasteiger partial charge in [-0.25, -0.2) is 0 Å². The molecule has 7 nitrogen and oxygen atoms in total. The monoisotopic (exact) mass is 445 g/mol. The summed E-state index contributed by atoms with van der Waals surface area (Å²) in [6.45, 7) is 0.0367. The van der Waals surface area contributed by atoms with Gasteiger partial charge in [-0.2, -0.15) is 13.2 Å². The molecule has 1 aromatic heterocycles. The molecule has 4 N–H and O–H groups in total. The minimum Gasteiger partial charge on any atom is -0.451 e. The van der Waals surface area contributed by atoms with Gasteiger partial charge in [-0.05, 0) is 36.4 Å². The van der Waals surface area contributed by atoms with Gasteiger partial charge in [-0.3, -0.25) is 14.4 Å². The van der Waals surface area contributed by atoms with Crippen LogP contribution in [0.2, 0.25) is 0 Å². The quantitative estimate of drug-likeness (QED) is 0.513. The number of benzene rings is 2. The fraction of sp³-hybridized carbons (Fsp3) is 0.136. The molecule has 10 heteroatoms. The average molecular weight is 445 g/mol. The summed E-state index contributed by atoms with van der Waals surface area (Å²) in [5, 5.41) is 5.06. The molecule has 0 saturated carbocycles. The predicted molar refractivity (Wildman–Crippen MR) is 110 cm³/mol. The van der Waals surface area contributed by atoms with Crippen LogP contribution in [0.4, 0.5) is 18.9 Å². The van der Waals surface area contributed by atoms with E-state index in [0.29, 0.717) is 0 Å². The van der Waals surface area contributed by atoms with Gasteiger partial charge in [0, 0.05) is 18.5 Å². The minimum absolute atomic E-state index is 0.0367. The van der Waals surface area contributed by atoms with E-state index < -0.39 is 29.5 Å². The highest BCUT2D eigenvalue weighted by Gasteiger charge is 2.30. The first-order valence-corrected chi connectivity index (χ1v) is 9.39. The van der Waals surface area contributed by atoms with Crippen molar-refractivity contribution in [3.8, 4) is 11.3 Å². The molecule has 1 heterocycles. The molecule has 0 radical (unpaired) electrons. The van der Waals surface area contributed by atoms with E-state index in [-0.39, 0.29) is 41.3 Å². The van der Waals surface area contributed by atoms with Gasteiger partial charge in [0.2, 0.25) is 5.91 Å². The number of nitrogens with two attached hydrogens (primary N) is 1. The summed E-state index contributed by atoms with van der Waals surface area (Å²) >= 11 is 0. The van der Waals surface area contributed by atoms with Crippen molar-refractivity contribution in [2.75, 3.05) is 11.9 Å². The molecule has 3 amide bonds. The molecule has 32 heavy (non-hydrogen) atoms. The number of amides is 3. The number of carbonyl (C=O) groups excluding carboxylic acids is 3. The number of para-hydroxylation sites is 1. The second-order valence-electron chi connectivity index (χ2n) is 6.71. The number of rotatable bonds is 7. The Morgan fingerprint density at radius 3 is 2.41 bits per heavy atom. The van der Waals surface area contributed by atoms with Crippen molar-refractivity contribution in [3.63, 3.8) is 0 Å². The van der Waals surface area contributed by atoms with E-state index in [9.17, 15) is 27.6 Å².